The van der Waals surface area contributed by atoms with Gasteiger partial charge in [0.2, 0.25) is 6.29 Å². The topological polar surface area (TPSA) is 20.3 Å². The van der Waals surface area contributed by atoms with Crippen LogP contribution in [-0.2, 0) is 4.79 Å². The van der Waals surface area contributed by atoms with E-state index in [4.69, 9.17) is 0 Å². The second kappa shape index (κ2) is 1.55. The van der Waals surface area contributed by atoms with Crippen molar-refractivity contribution in [1.29, 1.82) is 0 Å². The molecular formula is C6H10NO. The van der Waals surface area contributed by atoms with E-state index in [1.807, 2.05) is 20.3 Å². The molecule has 0 atom stereocenters. The predicted molar refractivity (Wildman–Crippen MR) is 31.3 cm³/mol. The lowest BCUT2D eigenvalue weighted by Gasteiger charge is -2.41. The summed E-state index contributed by atoms with van der Waals surface area (Å²) < 4.78 is 0. The van der Waals surface area contributed by atoms with Crippen LogP contribution >= 0.6 is 0 Å². The van der Waals surface area contributed by atoms with Crippen molar-refractivity contribution >= 4 is 6.29 Å². The van der Waals surface area contributed by atoms with Crippen LogP contribution in [0, 0.1) is 5.41 Å². The molecule has 1 aliphatic heterocycles. The van der Waals surface area contributed by atoms with Crippen LogP contribution in [0.15, 0.2) is 0 Å². The highest BCUT2D eigenvalue weighted by Gasteiger charge is 2.36. The monoisotopic (exact) mass is 112 g/mol. The molecule has 0 unspecified atom stereocenters. The Kier molecular flexibility index (Phi) is 1.12. The van der Waals surface area contributed by atoms with Crippen molar-refractivity contribution in [2.24, 2.45) is 5.41 Å². The molecule has 0 aromatic rings. The van der Waals surface area contributed by atoms with Gasteiger partial charge in [0, 0.05) is 13.1 Å². The molecule has 0 bridgehead atoms. The first-order valence-electron chi connectivity index (χ1n) is 2.74. The Hall–Kier alpha value is -0.370. The molecule has 1 radical (unpaired) electrons. The number of hydrogen-bond donors (Lipinski definition) is 0. The number of hydrogen-bond acceptors (Lipinski definition) is 2. The summed E-state index contributed by atoms with van der Waals surface area (Å²) in [6, 6.07) is 0. The first-order chi connectivity index (χ1) is 3.66. The number of likely N-dealkylation sites (tertiary alicyclic amines) is 1. The molecular weight excluding hydrogens is 102 g/mol. The van der Waals surface area contributed by atoms with Crippen molar-refractivity contribution in [3.8, 4) is 0 Å². The Morgan fingerprint density at radius 1 is 1.62 bits per heavy atom. The molecule has 0 spiro atoms. The Morgan fingerprint density at radius 3 is 2.25 bits per heavy atom. The maximum Gasteiger partial charge on any atom is 0.207 e. The molecule has 8 heavy (non-hydrogen) atoms. The standard InChI is InChI=1S/C6H10NO/c1-6(5-8)3-7(2)4-6/h3-4H2,1-2H3. The van der Waals surface area contributed by atoms with Gasteiger partial charge in [0.1, 0.15) is 0 Å². The Morgan fingerprint density at radius 2 is 2.12 bits per heavy atom. The fourth-order valence-corrected chi connectivity index (χ4v) is 1.21. The molecule has 0 N–H and O–H groups in total. The predicted octanol–water partition coefficient (Wildman–Crippen LogP) is 0.0478. The van der Waals surface area contributed by atoms with Crippen LogP contribution in [-0.4, -0.2) is 31.3 Å². The summed E-state index contributed by atoms with van der Waals surface area (Å²) >= 11 is 0. The lowest BCUT2D eigenvalue weighted by molar-refractivity contribution is 0.0972. The minimum absolute atomic E-state index is 0.144. The van der Waals surface area contributed by atoms with E-state index in [-0.39, 0.29) is 5.41 Å². The lowest BCUT2D eigenvalue weighted by atomic mass is 9.84. The van der Waals surface area contributed by atoms with Gasteiger partial charge in [-0.3, -0.25) is 4.79 Å². The summed E-state index contributed by atoms with van der Waals surface area (Å²) in [6.45, 7) is 3.67. The first kappa shape index (κ1) is 5.76. The van der Waals surface area contributed by atoms with Crippen LogP contribution in [0.1, 0.15) is 6.92 Å². The molecule has 0 amide bonds. The zero-order valence-electron chi connectivity index (χ0n) is 5.27. The fraction of sp³-hybridized carbons (Fsp3) is 0.833. The van der Waals surface area contributed by atoms with Gasteiger partial charge in [-0.1, -0.05) is 0 Å². The third kappa shape index (κ3) is 0.757. The molecule has 2 heteroatoms. The van der Waals surface area contributed by atoms with Crippen molar-refractivity contribution in [2.75, 3.05) is 20.1 Å². The quantitative estimate of drug-likeness (QED) is 0.477. The van der Waals surface area contributed by atoms with Gasteiger partial charge in [0.15, 0.2) is 0 Å². The Labute approximate surface area is 49.5 Å². The van der Waals surface area contributed by atoms with Crippen LogP contribution in [0.4, 0.5) is 0 Å². The van der Waals surface area contributed by atoms with Gasteiger partial charge in [-0.05, 0) is 14.0 Å². The number of rotatable bonds is 1. The van der Waals surface area contributed by atoms with Gasteiger partial charge in [-0.25, -0.2) is 0 Å². The van der Waals surface area contributed by atoms with E-state index in [9.17, 15) is 4.79 Å². The smallest absolute Gasteiger partial charge is 0.207 e. The van der Waals surface area contributed by atoms with Crippen molar-refractivity contribution in [2.45, 2.75) is 6.92 Å². The molecule has 1 rings (SSSR count). The van der Waals surface area contributed by atoms with Crippen molar-refractivity contribution in [1.82, 2.24) is 4.90 Å². The molecule has 0 aromatic carbocycles. The van der Waals surface area contributed by atoms with Gasteiger partial charge in [0.25, 0.3) is 0 Å². The summed E-state index contributed by atoms with van der Waals surface area (Å²) in [6.07, 6.45) is 2.02. The molecule has 1 heterocycles. The van der Waals surface area contributed by atoms with Crippen molar-refractivity contribution < 1.29 is 4.79 Å². The first-order valence-corrected chi connectivity index (χ1v) is 2.74. The van der Waals surface area contributed by atoms with Crippen LogP contribution < -0.4 is 0 Å². The lowest BCUT2D eigenvalue weighted by Crippen LogP contribution is -2.53. The summed E-state index contributed by atoms with van der Waals surface area (Å²) in [7, 11) is 2.00. The minimum atomic E-state index is -0.144. The SMILES string of the molecule is CN1CC(C)([C]=O)C1. The Bertz CT molecular complexity index is 105. The van der Waals surface area contributed by atoms with E-state index in [1.165, 1.54) is 0 Å². The Balaban J connectivity index is 2.40. The average Bonchev–Trinajstić information content (AvgIpc) is 1.63. The summed E-state index contributed by atoms with van der Waals surface area (Å²) in [4.78, 5) is 12.2. The van der Waals surface area contributed by atoms with Crippen molar-refractivity contribution in [3.05, 3.63) is 0 Å². The second-order valence-electron chi connectivity index (χ2n) is 2.84. The zero-order chi connectivity index (χ0) is 6.20. The minimum Gasteiger partial charge on any atom is -0.304 e. The molecule has 1 fully saturated rings. The van der Waals surface area contributed by atoms with Crippen LogP contribution in [0.2, 0.25) is 0 Å². The van der Waals surface area contributed by atoms with E-state index in [0.717, 1.165) is 13.1 Å². The maximum atomic E-state index is 10.1. The van der Waals surface area contributed by atoms with Gasteiger partial charge in [0.05, 0.1) is 5.41 Å². The van der Waals surface area contributed by atoms with Gasteiger partial charge >= 0.3 is 0 Å². The van der Waals surface area contributed by atoms with E-state index in [1.54, 1.807) is 0 Å². The highest BCUT2D eigenvalue weighted by molar-refractivity contribution is 5.62. The molecule has 1 saturated heterocycles. The van der Waals surface area contributed by atoms with Crippen LogP contribution in [0.3, 0.4) is 0 Å². The highest BCUT2D eigenvalue weighted by Crippen LogP contribution is 2.24. The normalized spacial score (nSPS) is 26.8. The zero-order valence-corrected chi connectivity index (χ0v) is 5.27. The average molecular weight is 112 g/mol. The molecule has 45 valence electrons. The number of nitrogens with zero attached hydrogens (tertiary/aromatic N) is 1. The number of carbonyl (C=O) groups excluding carboxylic acids is 1. The van der Waals surface area contributed by atoms with Gasteiger partial charge in [-0.2, -0.15) is 0 Å². The summed E-state index contributed by atoms with van der Waals surface area (Å²) in [5.41, 5.74) is -0.144. The molecule has 2 nitrogen and oxygen atoms in total. The van der Waals surface area contributed by atoms with E-state index >= 15 is 0 Å². The van der Waals surface area contributed by atoms with E-state index in [2.05, 4.69) is 4.90 Å². The van der Waals surface area contributed by atoms with Gasteiger partial charge < -0.3 is 4.90 Å². The maximum absolute atomic E-state index is 10.1. The third-order valence-corrected chi connectivity index (χ3v) is 1.48. The molecule has 0 saturated carbocycles. The van der Waals surface area contributed by atoms with Crippen LogP contribution in [0.25, 0.3) is 0 Å². The highest BCUT2D eigenvalue weighted by atomic mass is 16.1. The third-order valence-electron chi connectivity index (χ3n) is 1.48. The molecule has 0 aliphatic carbocycles. The second-order valence-corrected chi connectivity index (χ2v) is 2.84. The summed E-state index contributed by atoms with van der Waals surface area (Å²) in [5, 5.41) is 0. The van der Waals surface area contributed by atoms with Crippen LogP contribution in [0.5, 0.6) is 0 Å². The van der Waals surface area contributed by atoms with Gasteiger partial charge in [-0.15, -0.1) is 0 Å². The summed E-state index contributed by atoms with van der Waals surface area (Å²) in [5.74, 6) is 0. The van der Waals surface area contributed by atoms with E-state index < -0.39 is 0 Å². The van der Waals surface area contributed by atoms with E-state index in [0.29, 0.717) is 0 Å². The molecule has 0 aromatic heterocycles. The molecule has 1 aliphatic rings. The largest absolute Gasteiger partial charge is 0.304 e. The fourth-order valence-electron chi connectivity index (χ4n) is 1.21. The van der Waals surface area contributed by atoms with Crippen molar-refractivity contribution in [3.63, 3.8) is 0 Å².